The third-order valence-corrected chi connectivity index (χ3v) is 19.2. The molecule has 0 unspecified atom stereocenters. The minimum absolute atomic E-state index is 0.446. The van der Waals surface area contributed by atoms with Crippen molar-refractivity contribution in [2.24, 2.45) is 0 Å². The Balaban J connectivity index is 1.24. The molecule has 0 saturated heterocycles. The van der Waals surface area contributed by atoms with E-state index in [0.29, 0.717) is 17.3 Å². The van der Waals surface area contributed by atoms with E-state index in [1.54, 1.807) is 0 Å². The first-order valence-corrected chi connectivity index (χ1v) is 32.1. The third-order valence-electron chi connectivity index (χ3n) is 19.2. The average Bonchev–Trinajstić information content (AvgIpc) is 1.66. The van der Waals surface area contributed by atoms with Crippen molar-refractivity contribution in [3.63, 3.8) is 0 Å². The van der Waals surface area contributed by atoms with Gasteiger partial charge in [0.15, 0.2) is 11.4 Å². The highest BCUT2D eigenvalue weighted by Crippen LogP contribution is 2.55. The monoisotopic (exact) mass is 1200 g/mol. The normalized spacial score (nSPS) is 12.1. The second-order valence-corrected chi connectivity index (χ2v) is 25.8. The van der Waals surface area contributed by atoms with E-state index in [0.717, 1.165) is 160 Å². The minimum Gasteiger partial charge on any atom is -0.436 e. The molecule has 8 nitrogen and oxygen atoms in total. The van der Waals surface area contributed by atoms with Gasteiger partial charge >= 0.3 is 0 Å². The Morgan fingerprint density at radius 2 is 0.548 bits per heavy atom. The third kappa shape index (κ3) is 8.34. The summed E-state index contributed by atoms with van der Waals surface area (Å²) in [4.78, 5) is 17.9. The summed E-state index contributed by atoms with van der Waals surface area (Å²) in [7, 11) is 0. The summed E-state index contributed by atoms with van der Waals surface area (Å²) in [5.74, 6) is 0.969. The predicted molar refractivity (Wildman–Crippen MR) is 387 cm³/mol. The zero-order chi connectivity index (χ0) is 62.7. The van der Waals surface area contributed by atoms with Crippen molar-refractivity contribution in [2.45, 2.75) is 55.4 Å². The van der Waals surface area contributed by atoms with Gasteiger partial charge in [0.05, 0.1) is 89.4 Å². The van der Waals surface area contributed by atoms with Crippen LogP contribution in [0.3, 0.4) is 0 Å². The molecule has 8 heteroatoms. The van der Waals surface area contributed by atoms with Gasteiger partial charge in [-0.05, 0) is 171 Å². The van der Waals surface area contributed by atoms with Crippen molar-refractivity contribution in [1.29, 1.82) is 0 Å². The summed E-state index contributed by atoms with van der Waals surface area (Å²) < 4.78 is 17.8. The molecule has 0 bridgehead atoms. The first-order chi connectivity index (χ1) is 45.4. The Labute approximate surface area is 537 Å². The quantitative estimate of drug-likeness (QED) is 0.152. The lowest BCUT2D eigenvalue weighted by Crippen LogP contribution is -2.17. The second kappa shape index (κ2) is 20.5. The van der Waals surface area contributed by atoms with Crippen molar-refractivity contribution in [3.8, 4) is 68.1 Å². The van der Waals surface area contributed by atoms with E-state index in [9.17, 15) is 0 Å². The maximum Gasteiger partial charge on any atom is 0.231 e. The van der Waals surface area contributed by atoms with Gasteiger partial charge in [0.25, 0.3) is 0 Å². The van der Waals surface area contributed by atoms with Gasteiger partial charge in [-0.1, -0.05) is 166 Å². The van der Waals surface area contributed by atoms with Crippen LogP contribution in [0, 0.1) is 55.4 Å². The Morgan fingerprint density at radius 1 is 0.258 bits per heavy atom. The topological polar surface area (TPSA) is 71.5 Å². The predicted octanol–water partition coefficient (Wildman–Crippen LogP) is 22.1. The Morgan fingerprint density at radius 3 is 0.882 bits per heavy atom. The molecule has 0 fully saturated rings. The number of para-hydroxylation sites is 2. The fraction of sp³-hybridized carbons (Fsp3) is 0.0941. The maximum absolute atomic E-state index is 7.61. The SMILES string of the molecule is Cc1ccc2c(c1)c1cc(C)ccc1n2-c1c(-c2nc(-c3ccccc3)cc(-c3ccccc3)n2)c(-n2c3ccc(C)cc3c3cc(C)ccc32)c(-n2c3ccc(C)cc3c3cc(C)ccc32)c(-n2c3ccc(C)cc3c3cc(C)ccc32)c1-c1nc2ccccc2o1. The summed E-state index contributed by atoms with van der Waals surface area (Å²) in [6.45, 7) is 17.6. The lowest BCUT2D eigenvalue weighted by atomic mass is 9.95. The molecule has 0 radical (unpaired) electrons. The molecule has 0 aliphatic carbocycles. The Kier molecular flexibility index (Phi) is 12.0. The molecule has 18 rings (SSSR count). The van der Waals surface area contributed by atoms with Gasteiger partial charge < -0.3 is 22.7 Å². The van der Waals surface area contributed by atoms with Crippen molar-refractivity contribution < 1.29 is 4.42 Å². The summed E-state index contributed by atoms with van der Waals surface area (Å²) in [5.41, 5.74) is 27.5. The van der Waals surface area contributed by atoms with E-state index in [1.165, 1.54) is 33.4 Å². The maximum atomic E-state index is 7.61. The van der Waals surface area contributed by atoms with Gasteiger partial charge in [-0.15, -0.1) is 0 Å². The van der Waals surface area contributed by atoms with Crippen molar-refractivity contribution in [1.82, 2.24) is 33.2 Å². The van der Waals surface area contributed by atoms with Crippen LogP contribution < -0.4 is 0 Å². The molecule has 0 aliphatic rings. The van der Waals surface area contributed by atoms with Gasteiger partial charge in [-0.3, -0.25) is 0 Å². The second-order valence-electron chi connectivity index (χ2n) is 25.8. The Hall–Kier alpha value is -11.6. The number of oxazole rings is 1. The Bertz CT molecular complexity index is 5880. The molecule has 444 valence electrons. The van der Waals surface area contributed by atoms with Crippen LogP contribution >= 0.6 is 0 Å². The molecule has 6 heterocycles. The smallest absolute Gasteiger partial charge is 0.231 e. The van der Waals surface area contributed by atoms with Gasteiger partial charge in [0.2, 0.25) is 5.89 Å². The number of aryl methyl sites for hydroxylation is 8. The fourth-order valence-electron chi connectivity index (χ4n) is 15.0. The van der Waals surface area contributed by atoms with E-state index >= 15 is 0 Å². The molecule has 0 spiro atoms. The molecule has 93 heavy (non-hydrogen) atoms. The van der Waals surface area contributed by atoms with E-state index in [2.05, 4.69) is 292 Å². The van der Waals surface area contributed by atoms with Crippen LogP contribution in [0.5, 0.6) is 0 Å². The molecular formula is C85H63N7O. The molecule has 12 aromatic carbocycles. The molecule has 0 N–H and O–H groups in total. The fourth-order valence-corrected chi connectivity index (χ4v) is 15.0. The molecule has 0 amide bonds. The summed E-state index contributed by atoms with van der Waals surface area (Å²) in [6, 6.07) is 87.0. The summed E-state index contributed by atoms with van der Waals surface area (Å²) >= 11 is 0. The van der Waals surface area contributed by atoms with Crippen molar-refractivity contribution in [3.05, 3.63) is 281 Å². The lowest BCUT2D eigenvalue weighted by molar-refractivity contribution is 0.619. The van der Waals surface area contributed by atoms with Crippen LogP contribution in [0.4, 0.5) is 0 Å². The largest absolute Gasteiger partial charge is 0.436 e. The number of hydrogen-bond donors (Lipinski definition) is 0. The average molecular weight is 1200 g/mol. The van der Waals surface area contributed by atoms with Crippen LogP contribution in [-0.4, -0.2) is 33.2 Å². The number of aromatic nitrogens is 7. The highest BCUT2D eigenvalue weighted by Gasteiger charge is 2.38. The number of benzene rings is 12. The molecule has 0 aliphatic heterocycles. The van der Waals surface area contributed by atoms with Gasteiger partial charge in [-0.2, -0.15) is 0 Å². The van der Waals surface area contributed by atoms with E-state index in [-0.39, 0.29) is 0 Å². The zero-order valence-electron chi connectivity index (χ0n) is 53.1. The van der Waals surface area contributed by atoms with Gasteiger partial charge in [0, 0.05) is 54.2 Å². The summed E-state index contributed by atoms with van der Waals surface area (Å²) in [5, 5.41) is 9.09. The van der Waals surface area contributed by atoms with Crippen LogP contribution in [0.1, 0.15) is 44.5 Å². The molecule has 0 saturated carbocycles. The van der Waals surface area contributed by atoms with Crippen molar-refractivity contribution >= 4 is 98.3 Å². The highest BCUT2D eigenvalue weighted by molar-refractivity contribution is 6.19. The van der Waals surface area contributed by atoms with Gasteiger partial charge in [-0.25, -0.2) is 15.0 Å². The van der Waals surface area contributed by atoms with Crippen LogP contribution in [0.25, 0.3) is 166 Å². The first-order valence-electron chi connectivity index (χ1n) is 32.1. The first kappa shape index (κ1) is 54.3. The van der Waals surface area contributed by atoms with E-state index in [1.807, 2.05) is 18.2 Å². The van der Waals surface area contributed by atoms with Crippen LogP contribution in [-0.2, 0) is 0 Å². The van der Waals surface area contributed by atoms with Gasteiger partial charge in [0.1, 0.15) is 5.52 Å². The van der Waals surface area contributed by atoms with E-state index < -0.39 is 0 Å². The molecule has 6 aromatic heterocycles. The molecule has 0 atom stereocenters. The molecular weight excluding hydrogens is 1130 g/mol. The highest BCUT2D eigenvalue weighted by atomic mass is 16.3. The van der Waals surface area contributed by atoms with Crippen LogP contribution in [0.15, 0.2) is 241 Å². The minimum atomic E-state index is 0.446. The van der Waals surface area contributed by atoms with E-state index in [4.69, 9.17) is 19.4 Å². The standard InChI is InChI=1S/C85H63N7O/c1-48-23-31-69-58(39-48)59-40-49(2)24-32-70(59)89(69)80-78(84-86-67(56-17-11-9-12-18-56)47-68(87-84)57-19-13-10-14-20-57)81(90-71-33-25-50(3)41-60(71)61-42-51(4)26-34-72(61)90)83(92-75-37-29-54(7)45-64(75)65-46-55(8)30-38-76(65)92)82(79(80)85-88-66-21-15-16-22-77(66)93-85)91-73-35-27-52(5)43-62(73)63-44-53(6)28-36-74(63)91/h9-47H,1-8H3. The lowest BCUT2D eigenvalue weighted by Gasteiger charge is -2.30. The number of rotatable bonds is 8. The number of nitrogens with zero attached hydrogens (tertiary/aromatic N) is 7. The number of fused-ring (bicyclic) bond motifs is 13. The van der Waals surface area contributed by atoms with Crippen LogP contribution in [0.2, 0.25) is 0 Å². The zero-order valence-corrected chi connectivity index (χ0v) is 53.1. The molecule has 18 aromatic rings. The van der Waals surface area contributed by atoms with Crippen molar-refractivity contribution in [2.75, 3.05) is 0 Å². The summed E-state index contributed by atoms with van der Waals surface area (Å²) in [6.07, 6.45) is 0. The number of hydrogen-bond acceptors (Lipinski definition) is 4.